The van der Waals surface area contributed by atoms with Crippen molar-refractivity contribution in [2.45, 2.75) is 45.8 Å². The average Bonchev–Trinajstić information content (AvgIpc) is 2.21. The molecule has 0 radical (unpaired) electrons. The van der Waals surface area contributed by atoms with E-state index in [9.17, 15) is 5.11 Å². The molecular formula is C14H22O2. The molecule has 1 atom stereocenters. The second-order valence-electron chi connectivity index (χ2n) is 4.68. The molecule has 0 aliphatic carbocycles. The number of aliphatic hydroxyl groups excluding tert-OH is 1. The largest absolute Gasteiger partial charge is 0.390 e. The van der Waals surface area contributed by atoms with E-state index in [1.165, 1.54) is 11.1 Å². The Morgan fingerprint density at radius 2 is 1.94 bits per heavy atom. The molecule has 2 nitrogen and oxygen atoms in total. The third-order valence-electron chi connectivity index (χ3n) is 2.99. The van der Waals surface area contributed by atoms with Crippen LogP contribution in [0.3, 0.4) is 0 Å². The van der Waals surface area contributed by atoms with Crippen molar-refractivity contribution in [3.8, 4) is 0 Å². The lowest BCUT2D eigenvalue weighted by Crippen LogP contribution is -2.40. The molecule has 0 aromatic heterocycles. The van der Waals surface area contributed by atoms with Gasteiger partial charge in [-0.05, 0) is 38.8 Å². The fourth-order valence-corrected chi connectivity index (χ4v) is 1.76. The van der Waals surface area contributed by atoms with Crippen molar-refractivity contribution in [2.75, 3.05) is 6.61 Å². The predicted molar refractivity (Wildman–Crippen MR) is 66.6 cm³/mol. The molecule has 0 spiro atoms. The van der Waals surface area contributed by atoms with E-state index in [1.807, 2.05) is 32.9 Å². The number of hydrogen-bond acceptors (Lipinski definition) is 2. The molecule has 1 aromatic rings. The second-order valence-corrected chi connectivity index (χ2v) is 4.68. The molecule has 1 aromatic carbocycles. The lowest BCUT2D eigenvalue weighted by atomic mass is 9.93. The van der Waals surface area contributed by atoms with Crippen LogP contribution in [0.15, 0.2) is 24.3 Å². The first kappa shape index (κ1) is 13.2. The molecule has 0 bridgehead atoms. The summed E-state index contributed by atoms with van der Waals surface area (Å²) in [6, 6.07) is 8.14. The van der Waals surface area contributed by atoms with Crippen molar-refractivity contribution < 1.29 is 9.84 Å². The lowest BCUT2D eigenvalue weighted by molar-refractivity contribution is -0.0955. The van der Waals surface area contributed by atoms with Crippen molar-refractivity contribution in [2.24, 2.45) is 0 Å². The Labute approximate surface area is 98.3 Å². The first-order chi connectivity index (χ1) is 7.47. The van der Waals surface area contributed by atoms with Gasteiger partial charge in [-0.1, -0.05) is 24.3 Å². The van der Waals surface area contributed by atoms with E-state index in [-0.39, 0.29) is 0 Å². The molecule has 1 N–H and O–H groups in total. The van der Waals surface area contributed by atoms with Gasteiger partial charge in [-0.15, -0.1) is 0 Å². The van der Waals surface area contributed by atoms with Crippen LogP contribution in [0.25, 0.3) is 0 Å². The minimum absolute atomic E-state index is 0.478. The Kier molecular flexibility index (Phi) is 4.51. The van der Waals surface area contributed by atoms with Crippen LogP contribution in [0, 0.1) is 6.92 Å². The number of hydrogen-bond donors (Lipinski definition) is 1. The predicted octanol–water partition coefficient (Wildman–Crippen LogP) is 2.71. The summed E-state index contributed by atoms with van der Waals surface area (Å²) in [6.07, 6.45) is 0.160. The highest BCUT2D eigenvalue weighted by molar-refractivity contribution is 5.26. The number of benzene rings is 1. The summed E-state index contributed by atoms with van der Waals surface area (Å²) >= 11 is 0. The van der Waals surface area contributed by atoms with E-state index < -0.39 is 11.7 Å². The highest BCUT2D eigenvalue weighted by Crippen LogP contribution is 2.20. The highest BCUT2D eigenvalue weighted by atomic mass is 16.5. The fraction of sp³-hybridized carbons (Fsp3) is 0.571. The first-order valence-electron chi connectivity index (χ1n) is 5.84. The molecule has 2 heteroatoms. The van der Waals surface area contributed by atoms with Gasteiger partial charge in [0.15, 0.2) is 0 Å². The number of aryl methyl sites for hydroxylation is 1. The fourth-order valence-electron chi connectivity index (χ4n) is 1.76. The Balaban J connectivity index is 2.71. The third kappa shape index (κ3) is 3.32. The molecule has 0 saturated carbocycles. The molecule has 0 aliphatic rings. The molecule has 16 heavy (non-hydrogen) atoms. The maximum Gasteiger partial charge on any atom is 0.0887 e. The van der Waals surface area contributed by atoms with Crippen LogP contribution in [0.1, 0.15) is 31.9 Å². The molecule has 0 aliphatic heterocycles. The Morgan fingerprint density at radius 3 is 2.50 bits per heavy atom. The van der Waals surface area contributed by atoms with Gasteiger partial charge in [-0.25, -0.2) is 0 Å². The number of aliphatic hydroxyl groups is 1. The van der Waals surface area contributed by atoms with Crippen LogP contribution in [0.5, 0.6) is 0 Å². The number of rotatable bonds is 5. The molecular weight excluding hydrogens is 200 g/mol. The first-order valence-corrected chi connectivity index (χ1v) is 5.84. The molecule has 0 amide bonds. The summed E-state index contributed by atoms with van der Waals surface area (Å²) in [5.41, 5.74) is 1.91. The van der Waals surface area contributed by atoms with Gasteiger partial charge in [-0.3, -0.25) is 0 Å². The van der Waals surface area contributed by atoms with Crippen molar-refractivity contribution in [1.29, 1.82) is 0 Å². The Morgan fingerprint density at radius 1 is 1.31 bits per heavy atom. The normalized spacial score (nSPS) is 13.8. The van der Waals surface area contributed by atoms with E-state index in [0.29, 0.717) is 13.0 Å². The van der Waals surface area contributed by atoms with Crippen LogP contribution in [-0.4, -0.2) is 23.4 Å². The van der Waals surface area contributed by atoms with Gasteiger partial charge in [0.05, 0.1) is 11.7 Å². The topological polar surface area (TPSA) is 29.5 Å². The van der Waals surface area contributed by atoms with Crippen LogP contribution in [0.4, 0.5) is 0 Å². The van der Waals surface area contributed by atoms with Crippen molar-refractivity contribution in [3.63, 3.8) is 0 Å². The lowest BCUT2D eigenvalue weighted by Gasteiger charge is -2.30. The van der Waals surface area contributed by atoms with Gasteiger partial charge in [0.1, 0.15) is 0 Å². The van der Waals surface area contributed by atoms with Gasteiger partial charge >= 0.3 is 0 Å². The van der Waals surface area contributed by atoms with Gasteiger partial charge < -0.3 is 9.84 Å². The van der Waals surface area contributed by atoms with Crippen molar-refractivity contribution >= 4 is 0 Å². The Hall–Kier alpha value is -0.860. The summed E-state index contributed by atoms with van der Waals surface area (Å²) in [6.45, 7) is 8.49. The van der Waals surface area contributed by atoms with Gasteiger partial charge in [0.25, 0.3) is 0 Å². The van der Waals surface area contributed by atoms with Crippen LogP contribution < -0.4 is 0 Å². The van der Waals surface area contributed by atoms with Crippen LogP contribution in [-0.2, 0) is 11.2 Å². The summed E-state index contributed by atoms with van der Waals surface area (Å²) < 4.78 is 5.55. The monoisotopic (exact) mass is 222 g/mol. The Bertz CT molecular complexity index is 331. The van der Waals surface area contributed by atoms with E-state index in [4.69, 9.17) is 4.74 Å². The standard InChI is InChI=1S/C14H22O2/c1-5-16-14(3,4)13(15)10-12-9-7-6-8-11(12)2/h6-9,13,15H,5,10H2,1-4H3. The summed E-state index contributed by atoms with van der Waals surface area (Å²) in [5, 5.41) is 10.2. The second kappa shape index (κ2) is 5.46. The molecule has 0 fully saturated rings. The maximum atomic E-state index is 10.2. The van der Waals surface area contributed by atoms with Gasteiger partial charge in [0, 0.05) is 13.0 Å². The summed E-state index contributed by atoms with van der Waals surface area (Å²) in [5.74, 6) is 0. The molecule has 1 unspecified atom stereocenters. The molecule has 0 saturated heterocycles. The highest BCUT2D eigenvalue weighted by Gasteiger charge is 2.28. The maximum absolute atomic E-state index is 10.2. The van der Waals surface area contributed by atoms with Crippen LogP contribution in [0.2, 0.25) is 0 Å². The van der Waals surface area contributed by atoms with Gasteiger partial charge in [0.2, 0.25) is 0 Å². The third-order valence-corrected chi connectivity index (χ3v) is 2.99. The zero-order chi connectivity index (χ0) is 12.2. The molecule has 1 rings (SSSR count). The van der Waals surface area contributed by atoms with Crippen LogP contribution >= 0.6 is 0 Å². The van der Waals surface area contributed by atoms with E-state index in [1.54, 1.807) is 0 Å². The molecule has 0 heterocycles. The van der Waals surface area contributed by atoms with Crippen molar-refractivity contribution in [1.82, 2.24) is 0 Å². The zero-order valence-corrected chi connectivity index (χ0v) is 10.7. The average molecular weight is 222 g/mol. The summed E-state index contributed by atoms with van der Waals surface area (Å²) in [7, 11) is 0. The van der Waals surface area contributed by atoms with Gasteiger partial charge in [-0.2, -0.15) is 0 Å². The summed E-state index contributed by atoms with van der Waals surface area (Å²) in [4.78, 5) is 0. The SMILES string of the molecule is CCOC(C)(C)C(O)Cc1ccccc1C. The number of ether oxygens (including phenoxy) is 1. The molecule has 90 valence electrons. The minimum Gasteiger partial charge on any atom is -0.390 e. The zero-order valence-electron chi connectivity index (χ0n) is 10.7. The van der Waals surface area contributed by atoms with Crippen molar-refractivity contribution in [3.05, 3.63) is 35.4 Å². The minimum atomic E-state index is -0.489. The smallest absolute Gasteiger partial charge is 0.0887 e. The van der Waals surface area contributed by atoms with E-state index in [0.717, 1.165) is 0 Å². The van der Waals surface area contributed by atoms with E-state index in [2.05, 4.69) is 19.1 Å². The quantitative estimate of drug-likeness (QED) is 0.830. The van der Waals surface area contributed by atoms with E-state index >= 15 is 0 Å².